The minimum Gasteiger partial charge on any atom is -0.473 e. The van der Waals surface area contributed by atoms with Crippen LogP contribution in [0, 0.1) is 17.5 Å². The Balaban J connectivity index is 1.54. The molecule has 1 aromatic heterocycles. The van der Waals surface area contributed by atoms with Crippen molar-refractivity contribution in [3.63, 3.8) is 0 Å². The third-order valence-electron chi connectivity index (χ3n) is 4.12. The highest BCUT2D eigenvalue weighted by molar-refractivity contribution is 5.94. The van der Waals surface area contributed by atoms with Crippen molar-refractivity contribution in [1.29, 1.82) is 0 Å². The average Bonchev–Trinajstić information content (AvgIpc) is 2.62. The summed E-state index contributed by atoms with van der Waals surface area (Å²) in [4.78, 5) is 20.0. The van der Waals surface area contributed by atoms with Crippen molar-refractivity contribution in [3.8, 4) is 5.88 Å². The van der Waals surface area contributed by atoms with E-state index in [1.807, 2.05) is 0 Å². The number of ether oxygens (including phenoxy) is 1. The fourth-order valence-electron chi connectivity index (χ4n) is 2.81. The monoisotopic (exact) mass is 351 g/mol. The Kier molecular flexibility index (Phi) is 5.16. The summed E-state index contributed by atoms with van der Waals surface area (Å²) in [5, 5.41) is 2.66. The smallest absolute Gasteiger partial charge is 0.254 e. The van der Waals surface area contributed by atoms with Crippen LogP contribution < -0.4 is 10.1 Å². The Labute approximate surface area is 142 Å². The molecule has 0 bridgehead atoms. The maximum atomic E-state index is 13.7. The molecule has 0 saturated heterocycles. The van der Waals surface area contributed by atoms with Crippen LogP contribution in [0.5, 0.6) is 5.88 Å². The maximum Gasteiger partial charge on any atom is 0.254 e. The standard InChI is InChI=1S/C17H16F3N3O2/c18-13-6-5-12(15(19)16(13)20)17(24)23-10-1-3-11(4-2-10)25-14-9-21-7-8-22-14/h5-11H,1-4H2,(H,23,24). The van der Waals surface area contributed by atoms with E-state index in [4.69, 9.17) is 4.74 Å². The SMILES string of the molecule is O=C(NC1CCC(Oc2cnccn2)CC1)c1ccc(F)c(F)c1F. The molecule has 1 aliphatic rings. The molecule has 1 N–H and O–H groups in total. The molecule has 1 fully saturated rings. The molecule has 0 spiro atoms. The molecule has 132 valence electrons. The lowest BCUT2D eigenvalue weighted by Crippen LogP contribution is -2.40. The predicted octanol–water partition coefficient (Wildman–Crippen LogP) is 3.01. The molecular weight excluding hydrogens is 335 g/mol. The Morgan fingerprint density at radius 1 is 1.08 bits per heavy atom. The van der Waals surface area contributed by atoms with Crippen molar-refractivity contribution in [3.05, 3.63) is 53.7 Å². The number of hydrogen-bond donors (Lipinski definition) is 1. The largest absolute Gasteiger partial charge is 0.473 e. The van der Waals surface area contributed by atoms with Gasteiger partial charge in [-0.15, -0.1) is 0 Å². The van der Waals surface area contributed by atoms with Crippen molar-refractivity contribution in [2.75, 3.05) is 0 Å². The van der Waals surface area contributed by atoms with E-state index in [9.17, 15) is 18.0 Å². The highest BCUT2D eigenvalue weighted by Gasteiger charge is 2.26. The molecule has 3 rings (SSSR count). The molecule has 0 atom stereocenters. The van der Waals surface area contributed by atoms with E-state index in [1.165, 1.54) is 12.4 Å². The van der Waals surface area contributed by atoms with Crippen LogP contribution in [0.25, 0.3) is 0 Å². The van der Waals surface area contributed by atoms with E-state index in [0.29, 0.717) is 31.6 Å². The quantitative estimate of drug-likeness (QED) is 0.860. The van der Waals surface area contributed by atoms with Gasteiger partial charge in [0.2, 0.25) is 5.88 Å². The van der Waals surface area contributed by atoms with Gasteiger partial charge in [0.25, 0.3) is 5.91 Å². The van der Waals surface area contributed by atoms with Crippen LogP contribution in [0.3, 0.4) is 0 Å². The minimum atomic E-state index is -1.64. The Morgan fingerprint density at radius 3 is 2.52 bits per heavy atom. The highest BCUT2D eigenvalue weighted by Crippen LogP contribution is 2.23. The van der Waals surface area contributed by atoms with Gasteiger partial charge < -0.3 is 10.1 Å². The zero-order chi connectivity index (χ0) is 17.8. The summed E-state index contributed by atoms with van der Waals surface area (Å²) in [7, 11) is 0. The normalized spacial score (nSPS) is 20.1. The Morgan fingerprint density at radius 2 is 1.84 bits per heavy atom. The number of hydrogen-bond acceptors (Lipinski definition) is 4. The van der Waals surface area contributed by atoms with Gasteiger partial charge in [-0.25, -0.2) is 18.2 Å². The van der Waals surface area contributed by atoms with E-state index < -0.39 is 28.9 Å². The molecule has 0 unspecified atom stereocenters. The molecule has 1 aliphatic carbocycles. The van der Waals surface area contributed by atoms with Gasteiger partial charge in [-0.2, -0.15) is 0 Å². The second-order valence-electron chi connectivity index (χ2n) is 5.83. The Bertz CT molecular complexity index is 750. The van der Waals surface area contributed by atoms with Gasteiger partial charge in [0.15, 0.2) is 17.5 Å². The first-order chi connectivity index (χ1) is 12.0. The average molecular weight is 351 g/mol. The number of halogens is 3. The summed E-state index contributed by atoms with van der Waals surface area (Å²) >= 11 is 0. The molecule has 1 aromatic carbocycles. The number of nitrogens with zero attached hydrogens (tertiary/aromatic N) is 2. The van der Waals surface area contributed by atoms with Crippen molar-refractivity contribution in [1.82, 2.24) is 15.3 Å². The molecule has 0 radical (unpaired) electrons. The zero-order valence-electron chi connectivity index (χ0n) is 13.2. The summed E-state index contributed by atoms with van der Waals surface area (Å²) < 4.78 is 45.5. The van der Waals surface area contributed by atoms with Gasteiger partial charge in [0, 0.05) is 18.4 Å². The predicted molar refractivity (Wildman–Crippen MR) is 82.5 cm³/mol. The van der Waals surface area contributed by atoms with Gasteiger partial charge in [-0.05, 0) is 37.8 Å². The fourth-order valence-corrected chi connectivity index (χ4v) is 2.81. The highest BCUT2D eigenvalue weighted by atomic mass is 19.2. The van der Waals surface area contributed by atoms with Gasteiger partial charge in [0.05, 0.1) is 11.8 Å². The molecule has 25 heavy (non-hydrogen) atoms. The topological polar surface area (TPSA) is 64.1 Å². The van der Waals surface area contributed by atoms with Gasteiger partial charge in [0.1, 0.15) is 6.10 Å². The molecule has 8 heteroatoms. The van der Waals surface area contributed by atoms with Crippen LogP contribution in [0.4, 0.5) is 13.2 Å². The van der Waals surface area contributed by atoms with Crippen LogP contribution in [0.2, 0.25) is 0 Å². The molecule has 5 nitrogen and oxygen atoms in total. The van der Waals surface area contributed by atoms with Crippen molar-refractivity contribution in [2.45, 2.75) is 37.8 Å². The van der Waals surface area contributed by atoms with E-state index in [0.717, 1.165) is 12.1 Å². The molecule has 1 saturated carbocycles. The first-order valence-corrected chi connectivity index (χ1v) is 7.91. The van der Waals surface area contributed by atoms with Crippen LogP contribution in [-0.4, -0.2) is 28.0 Å². The van der Waals surface area contributed by atoms with Crippen molar-refractivity contribution < 1.29 is 22.7 Å². The minimum absolute atomic E-state index is 0.0372. The molecule has 1 heterocycles. The third kappa shape index (κ3) is 4.07. The zero-order valence-corrected chi connectivity index (χ0v) is 13.2. The van der Waals surface area contributed by atoms with Gasteiger partial charge in [-0.1, -0.05) is 0 Å². The second-order valence-corrected chi connectivity index (χ2v) is 5.83. The first-order valence-electron chi connectivity index (χ1n) is 7.91. The van der Waals surface area contributed by atoms with Crippen LogP contribution in [-0.2, 0) is 0 Å². The maximum absolute atomic E-state index is 13.7. The summed E-state index contributed by atoms with van der Waals surface area (Å²) in [6.07, 6.45) is 7.20. The van der Waals surface area contributed by atoms with Crippen molar-refractivity contribution in [2.24, 2.45) is 0 Å². The van der Waals surface area contributed by atoms with E-state index >= 15 is 0 Å². The summed E-state index contributed by atoms with van der Waals surface area (Å²) in [5.74, 6) is -4.75. The van der Waals surface area contributed by atoms with Crippen molar-refractivity contribution >= 4 is 5.91 Å². The molecule has 2 aromatic rings. The lowest BCUT2D eigenvalue weighted by Gasteiger charge is -2.29. The van der Waals surface area contributed by atoms with Crippen LogP contribution in [0.1, 0.15) is 36.0 Å². The number of carbonyl (C=O) groups excluding carboxylic acids is 1. The molecule has 1 amide bonds. The number of nitrogens with one attached hydrogen (secondary N) is 1. The first kappa shape index (κ1) is 17.2. The lowest BCUT2D eigenvalue weighted by atomic mass is 9.92. The van der Waals surface area contributed by atoms with Crippen LogP contribution >= 0.6 is 0 Å². The number of aromatic nitrogens is 2. The van der Waals surface area contributed by atoms with E-state index in [-0.39, 0.29) is 12.1 Å². The third-order valence-corrected chi connectivity index (χ3v) is 4.12. The lowest BCUT2D eigenvalue weighted by molar-refractivity contribution is 0.0884. The van der Waals surface area contributed by atoms with Crippen LogP contribution in [0.15, 0.2) is 30.7 Å². The summed E-state index contributed by atoms with van der Waals surface area (Å²) in [6, 6.07) is 1.49. The Hall–Kier alpha value is -2.64. The number of rotatable bonds is 4. The molecule has 0 aliphatic heterocycles. The van der Waals surface area contributed by atoms with E-state index in [1.54, 1.807) is 6.20 Å². The number of benzene rings is 1. The fraction of sp³-hybridized carbons (Fsp3) is 0.353. The van der Waals surface area contributed by atoms with E-state index in [2.05, 4.69) is 15.3 Å². The number of amides is 1. The summed E-state index contributed by atoms with van der Waals surface area (Å²) in [5.41, 5.74) is -0.503. The van der Waals surface area contributed by atoms with Gasteiger partial charge in [-0.3, -0.25) is 9.78 Å². The second kappa shape index (κ2) is 7.50. The summed E-state index contributed by atoms with van der Waals surface area (Å²) in [6.45, 7) is 0. The van der Waals surface area contributed by atoms with Gasteiger partial charge >= 0.3 is 0 Å². The number of carbonyl (C=O) groups is 1. The molecular formula is C17H16F3N3O2.